The number of hydrogen-bond donors (Lipinski definition) is 0. The van der Waals surface area contributed by atoms with Crippen LogP contribution >= 0.6 is 0 Å². The van der Waals surface area contributed by atoms with E-state index in [9.17, 15) is 9.59 Å². The molecule has 0 spiro atoms. The van der Waals surface area contributed by atoms with Gasteiger partial charge in [-0.15, -0.1) is 0 Å². The molecule has 0 N–H and O–H groups in total. The maximum absolute atomic E-state index is 13.1. The number of hydrazine groups is 1. The minimum absolute atomic E-state index is 0.0907. The molecular weight excluding hydrogens is 312 g/mol. The molecule has 2 aliphatic carbocycles. The van der Waals surface area contributed by atoms with E-state index in [2.05, 4.69) is 12.2 Å². The van der Waals surface area contributed by atoms with Gasteiger partial charge in [0, 0.05) is 23.0 Å². The normalized spacial score (nSPS) is 28.6. The van der Waals surface area contributed by atoms with E-state index < -0.39 is 0 Å². The first kappa shape index (κ1) is 14.5. The fourth-order valence-corrected chi connectivity index (χ4v) is 4.53. The lowest BCUT2D eigenvalue weighted by molar-refractivity contribution is -0.145. The van der Waals surface area contributed by atoms with Crippen molar-refractivity contribution in [2.24, 2.45) is 11.8 Å². The summed E-state index contributed by atoms with van der Waals surface area (Å²) in [5.74, 6) is 0.545. The molecule has 1 saturated carbocycles. The van der Waals surface area contributed by atoms with Gasteiger partial charge in [0.2, 0.25) is 0 Å². The highest BCUT2D eigenvalue weighted by Crippen LogP contribution is 2.52. The Morgan fingerprint density at radius 2 is 1.08 bits per heavy atom. The maximum atomic E-state index is 13.1. The Bertz CT molecular complexity index is 790. The molecule has 0 unspecified atom stereocenters. The minimum Gasteiger partial charge on any atom is -0.267 e. The van der Waals surface area contributed by atoms with E-state index in [1.807, 2.05) is 60.7 Å². The van der Waals surface area contributed by atoms with Crippen molar-refractivity contribution in [3.63, 3.8) is 0 Å². The first-order valence-corrected chi connectivity index (χ1v) is 8.71. The first-order chi connectivity index (χ1) is 12.3. The summed E-state index contributed by atoms with van der Waals surface area (Å²) in [5, 5.41) is 3.40. The van der Waals surface area contributed by atoms with E-state index in [1.54, 1.807) is 10.0 Å². The van der Waals surface area contributed by atoms with E-state index in [4.69, 9.17) is 0 Å². The van der Waals surface area contributed by atoms with Crippen LogP contribution in [0, 0.1) is 11.8 Å². The van der Waals surface area contributed by atoms with Gasteiger partial charge in [0.1, 0.15) is 0 Å². The van der Waals surface area contributed by atoms with Gasteiger partial charge >= 0.3 is 0 Å². The molecule has 2 aromatic carbocycles. The van der Waals surface area contributed by atoms with Gasteiger partial charge in [-0.25, -0.2) is 10.0 Å². The molecule has 4 nitrogen and oxygen atoms in total. The zero-order valence-corrected chi connectivity index (χ0v) is 13.7. The van der Waals surface area contributed by atoms with Crippen LogP contribution in [0.4, 0.5) is 0 Å². The summed E-state index contributed by atoms with van der Waals surface area (Å²) in [4.78, 5) is 26.2. The van der Waals surface area contributed by atoms with Gasteiger partial charge in [-0.1, -0.05) is 48.6 Å². The van der Waals surface area contributed by atoms with Crippen molar-refractivity contribution in [3.8, 4) is 0 Å². The monoisotopic (exact) mass is 330 g/mol. The van der Waals surface area contributed by atoms with Crippen molar-refractivity contribution in [3.05, 3.63) is 83.9 Å². The zero-order chi connectivity index (χ0) is 17.0. The second-order valence-electron chi connectivity index (χ2n) is 6.96. The fourth-order valence-electron chi connectivity index (χ4n) is 4.53. The summed E-state index contributed by atoms with van der Waals surface area (Å²) in [6.07, 6.45) is 5.45. The third-order valence-electron chi connectivity index (χ3n) is 5.63. The van der Waals surface area contributed by atoms with E-state index in [-0.39, 0.29) is 23.9 Å². The third-order valence-corrected chi connectivity index (χ3v) is 5.63. The Morgan fingerprint density at radius 1 is 0.680 bits per heavy atom. The van der Waals surface area contributed by atoms with E-state index in [0.717, 1.165) is 6.42 Å². The summed E-state index contributed by atoms with van der Waals surface area (Å²) in [6, 6.07) is 18.7. The van der Waals surface area contributed by atoms with Crippen LogP contribution in [-0.2, 0) is 0 Å². The second-order valence-corrected chi connectivity index (χ2v) is 6.96. The van der Waals surface area contributed by atoms with Crippen LogP contribution in [0.2, 0.25) is 0 Å². The Kier molecular flexibility index (Phi) is 3.07. The number of fused-ring (bicyclic) bond motifs is 5. The lowest BCUT2D eigenvalue weighted by Gasteiger charge is -2.57. The molecule has 3 aliphatic rings. The van der Waals surface area contributed by atoms with E-state index in [0.29, 0.717) is 23.0 Å². The topological polar surface area (TPSA) is 40.6 Å². The smallest absolute Gasteiger partial charge is 0.267 e. The Labute approximate surface area is 146 Å². The third kappa shape index (κ3) is 2.00. The summed E-state index contributed by atoms with van der Waals surface area (Å²) in [6.45, 7) is 0. The summed E-state index contributed by atoms with van der Waals surface area (Å²) >= 11 is 0. The zero-order valence-electron chi connectivity index (χ0n) is 13.7. The van der Waals surface area contributed by atoms with Crippen LogP contribution in [0.1, 0.15) is 27.1 Å². The Hall–Kier alpha value is -2.88. The average Bonchev–Trinajstić information content (AvgIpc) is 3.21. The lowest BCUT2D eigenvalue weighted by Crippen LogP contribution is -2.75. The summed E-state index contributed by atoms with van der Waals surface area (Å²) < 4.78 is 0. The predicted molar refractivity (Wildman–Crippen MR) is 93.5 cm³/mol. The van der Waals surface area contributed by atoms with Gasteiger partial charge in [-0.05, 0) is 30.7 Å². The highest BCUT2D eigenvalue weighted by atomic mass is 16.2. The lowest BCUT2D eigenvalue weighted by atomic mass is 9.88. The van der Waals surface area contributed by atoms with Crippen LogP contribution < -0.4 is 0 Å². The fraction of sp³-hybridized carbons (Fsp3) is 0.238. The first-order valence-electron chi connectivity index (χ1n) is 8.71. The molecule has 4 atom stereocenters. The maximum Gasteiger partial charge on any atom is 0.272 e. The van der Waals surface area contributed by atoms with Gasteiger partial charge in [-0.2, -0.15) is 0 Å². The predicted octanol–water partition coefficient (Wildman–Crippen LogP) is 3.14. The number of rotatable bonds is 2. The van der Waals surface area contributed by atoms with Crippen molar-refractivity contribution >= 4 is 11.8 Å². The van der Waals surface area contributed by atoms with Crippen molar-refractivity contribution in [2.45, 2.75) is 18.5 Å². The molecular formula is C21H18N2O2. The van der Waals surface area contributed by atoms with Crippen LogP contribution in [0.3, 0.4) is 0 Å². The Balaban J connectivity index is 1.52. The molecule has 2 fully saturated rings. The van der Waals surface area contributed by atoms with E-state index in [1.165, 1.54) is 0 Å². The molecule has 0 radical (unpaired) electrons. The van der Waals surface area contributed by atoms with Crippen LogP contribution in [0.25, 0.3) is 0 Å². The van der Waals surface area contributed by atoms with Gasteiger partial charge in [-0.3, -0.25) is 9.59 Å². The molecule has 1 heterocycles. The second kappa shape index (κ2) is 5.31. The molecule has 0 aromatic heterocycles. The van der Waals surface area contributed by atoms with Gasteiger partial charge in [0.25, 0.3) is 11.8 Å². The molecule has 25 heavy (non-hydrogen) atoms. The van der Waals surface area contributed by atoms with Crippen molar-refractivity contribution in [1.29, 1.82) is 0 Å². The van der Waals surface area contributed by atoms with Gasteiger partial charge in [0.05, 0.1) is 12.1 Å². The molecule has 2 bridgehead atoms. The van der Waals surface area contributed by atoms with Crippen LogP contribution in [-0.4, -0.2) is 33.9 Å². The van der Waals surface area contributed by atoms with Crippen LogP contribution in [0.5, 0.6) is 0 Å². The summed E-state index contributed by atoms with van der Waals surface area (Å²) in [5.41, 5.74) is 1.25. The van der Waals surface area contributed by atoms with Crippen molar-refractivity contribution < 1.29 is 9.59 Å². The molecule has 1 aliphatic heterocycles. The Morgan fingerprint density at radius 3 is 1.48 bits per heavy atom. The average molecular weight is 330 g/mol. The standard InChI is InChI=1S/C21H18N2O2/c24-20(14-7-3-1-4-8-14)22-18-16-11-12-17(13-16)19(18)23(22)21(25)15-9-5-2-6-10-15/h1-12,16-19H,13H2/t16-,17+,18+,19-. The summed E-state index contributed by atoms with van der Waals surface area (Å²) in [7, 11) is 0. The number of carbonyl (C=O) groups is 2. The highest BCUT2D eigenvalue weighted by Gasteiger charge is 2.62. The SMILES string of the molecule is O=C(c1ccccc1)N1[C@@H]2[C@@H]([C@H]3C=C[C@@H]2C3)N1C(=O)c1ccccc1. The van der Waals surface area contributed by atoms with Crippen molar-refractivity contribution in [2.75, 3.05) is 0 Å². The number of benzene rings is 2. The molecule has 5 rings (SSSR count). The minimum atomic E-state index is -0.0907. The quantitative estimate of drug-likeness (QED) is 0.794. The van der Waals surface area contributed by atoms with Crippen molar-refractivity contribution in [1.82, 2.24) is 10.0 Å². The number of amides is 2. The highest BCUT2D eigenvalue weighted by molar-refractivity contribution is 6.01. The number of nitrogens with zero attached hydrogens (tertiary/aromatic N) is 2. The van der Waals surface area contributed by atoms with Crippen LogP contribution in [0.15, 0.2) is 72.8 Å². The van der Waals surface area contributed by atoms with E-state index >= 15 is 0 Å². The molecule has 4 heteroatoms. The number of hydrogen-bond acceptors (Lipinski definition) is 2. The molecule has 2 amide bonds. The number of carbonyl (C=O) groups excluding carboxylic acids is 2. The largest absolute Gasteiger partial charge is 0.272 e. The molecule has 2 aromatic rings. The molecule has 1 saturated heterocycles. The van der Waals surface area contributed by atoms with Gasteiger partial charge < -0.3 is 0 Å². The molecule has 124 valence electrons. The van der Waals surface area contributed by atoms with Gasteiger partial charge in [0.15, 0.2) is 0 Å².